The lowest BCUT2D eigenvalue weighted by atomic mass is 9.98. The summed E-state index contributed by atoms with van der Waals surface area (Å²) in [6.45, 7) is 9.80. The van der Waals surface area contributed by atoms with E-state index in [2.05, 4.69) is 0 Å². The first kappa shape index (κ1) is 12.2. The summed E-state index contributed by atoms with van der Waals surface area (Å²) in [7, 11) is 0. The summed E-state index contributed by atoms with van der Waals surface area (Å²) in [5.41, 5.74) is 5.00. The maximum absolute atomic E-state index is 10.4. The second kappa shape index (κ2) is 6.59. The molecule has 2 nitrogen and oxygen atoms in total. The zero-order valence-corrected chi connectivity index (χ0v) is 7.64. The van der Waals surface area contributed by atoms with Crippen LogP contribution in [0.1, 0.15) is 34.6 Å². The maximum atomic E-state index is 10.4. The summed E-state index contributed by atoms with van der Waals surface area (Å²) in [6, 6.07) is 0. The van der Waals surface area contributed by atoms with Crippen molar-refractivity contribution in [2.24, 2.45) is 17.6 Å². The summed E-state index contributed by atoms with van der Waals surface area (Å²) >= 11 is 0. The van der Waals surface area contributed by atoms with E-state index >= 15 is 0 Å². The average molecular weight is 145 g/mol. The Balaban J connectivity index is 0. The molecule has 0 spiro atoms. The Morgan fingerprint density at radius 1 is 1.20 bits per heavy atom. The molecule has 0 radical (unpaired) electrons. The number of primary amides is 1. The molecule has 2 N–H and O–H groups in total. The number of amides is 1. The number of hydrogen-bond donors (Lipinski definition) is 1. The first-order chi connectivity index (χ1) is 4.55. The van der Waals surface area contributed by atoms with Gasteiger partial charge in [-0.05, 0) is 5.92 Å². The van der Waals surface area contributed by atoms with Gasteiger partial charge in [0.15, 0.2) is 0 Å². The van der Waals surface area contributed by atoms with E-state index in [4.69, 9.17) is 5.73 Å². The zero-order chi connectivity index (χ0) is 8.73. The molecule has 0 aromatic rings. The molecule has 0 unspecified atom stereocenters. The molecule has 0 heterocycles. The summed E-state index contributed by atoms with van der Waals surface area (Å²) in [6.07, 6.45) is 0. The molecular weight excluding hydrogens is 126 g/mol. The minimum atomic E-state index is -0.208. The lowest BCUT2D eigenvalue weighted by Gasteiger charge is -2.09. The molecule has 0 saturated carbocycles. The lowest BCUT2D eigenvalue weighted by molar-refractivity contribution is -0.122. The van der Waals surface area contributed by atoms with E-state index in [-0.39, 0.29) is 11.8 Å². The number of rotatable bonds is 2. The van der Waals surface area contributed by atoms with Crippen LogP contribution in [0.25, 0.3) is 0 Å². The smallest absolute Gasteiger partial charge is 0.220 e. The van der Waals surface area contributed by atoms with Gasteiger partial charge in [0.25, 0.3) is 0 Å². The van der Waals surface area contributed by atoms with Crippen molar-refractivity contribution in [3.63, 3.8) is 0 Å². The van der Waals surface area contributed by atoms with Crippen molar-refractivity contribution in [1.29, 1.82) is 0 Å². The van der Waals surface area contributed by atoms with Gasteiger partial charge in [-0.1, -0.05) is 34.6 Å². The van der Waals surface area contributed by atoms with Crippen LogP contribution in [0, 0.1) is 11.8 Å². The maximum Gasteiger partial charge on any atom is 0.220 e. The number of carbonyl (C=O) groups is 1. The minimum Gasteiger partial charge on any atom is -0.369 e. The highest BCUT2D eigenvalue weighted by Crippen LogP contribution is 2.06. The van der Waals surface area contributed by atoms with Gasteiger partial charge in [0, 0.05) is 5.92 Å². The Morgan fingerprint density at radius 3 is 1.50 bits per heavy atom. The van der Waals surface area contributed by atoms with Crippen LogP contribution in [-0.4, -0.2) is 5.91 Å². The molecule has 0 aromatic carbocycles. The molecule has 0 aliphatic heterocycles. The molecule has 0 bridgehead atoms. The molecule has 0 aliphatic rings. The molecule has 1 atom stereocenters. The van der Waals surface area contributed by atoms with E-state index in [1.165, 1.54) is 0 Å². The van der Waals surface area contributed by atoms with Crippen LogP contribution in [0.5, 0.6) is 0 Å². The number of carbonyl (C=O) groups excluding carboxylic acids is 1. The highest BCUT2D eigenvalue weighted by molar-refractivity contribution is 5.76. The van der Waals surface area contributed by atoms with E-state index in [0.29, 0.717) is 5.92 Å². The molecule has 10 heavy (non-hydrogen) atoms. The molecular formula is C8H19NO. The molecule has 62 valence electrons. The Kier molecular flexibility index (Phi) is 8.02. The van der Waals surface area contributed by atoms with Gasteiger partial charge in [-0.2, -0.15) is 0 Å². The van der Waals surface area contributed by atoms with Crippen LogP contribution < -0.4 is 5.73 Å². The molecule has 1 amide bonds. The predicted molar refractivity (Wildman–Crippen MR) is 44.5 cm³/mol. The number of hydrogen-bond acceptors (Lipinski definition) is 1. The van der Waals surface area contributed by atoms with Gasteiger partial charge in [0.2, 0.25) is 5.91 Å². The van der Waals surface area contributed by atoms with Crippen LogP contribution in [0.2, 0.25) is 0 Å². The van der Waals surface area contributed by atoms with Crippen LogP contribution in [0.3, 0.4) is 0 Å². The van der Waals surface area contributed by atoms with Gasteiger partial charge in [-0.25, -0.2) is 0 Å². The Labute approximate surface area is 63.8 Å². The van der Waals surface area contributed by atoms with Crippen LogP contribution in [0.4, 0.5) is 0 Å². The zero-order valence-electron chi connectivity index (χ0n) is 7.64. The highest BCUT2D eigenvalue weighted by atomic mass is 16.1. The number of nitrogens with two attached hydrogens (primary N) is 1. The predicted octanol–water partition coefficient (Wildman–Crippen LogP) is 1.79. The second-order valence-corrected chi connectivity index (χ2v) is 2.44. The topological polar surface area (TPSA) is 43.1 Å². The summed E-state index contributed by atoms with van der Waals surface area (Å²) in [4.78, 5) is 10.4. The second-order valence-electron chi connectivity index (χ2n) is 2.44. The van der Waals surface area contributed by atoms with Gasteiger partial charge in [0.05, 0.1) is 0 Å². The van der Waals surface area contributed by atoms with Crippen molar-refractivity contribution in [3.05, 3.63) is 0 Å². The minimum absolute atomic E-state index is 0.00926. The largest absolute Gasteiger partial charge is 0.369 e. The fourth-order valence-electron chi connectivity index (χ4n) is 0.329. The van der Waals surface area contributed by atoms with Crippen molar-refractivity contribution in [1.82, 2.24) is 0 Å². The van der Waals surface area contributed by atoms with Crippen molar-refractivity contribution < 1.29 is 4.79 Å². The Morgan fingerprint density at radius 2 is 1.50 bits per heavy atom. The quantitative estimate of drug-likeness (QED) is 0.632. The molecule has 0 aromatic heterocycles. The Hall–Kier alpha value is -0.530. The third-order valence-corrected chi connectivity index (χ3v) is 1.45. The summed E-state index contributed by atoms with van der Waals surface area (Å²) in [5.74, 6) is 0.169. The highest BCUT2D eigenvalue weighted by Gasteiger charge is 2.11. The van der Waals surface area contributed by atoms with E-state index in [9.17, 15) is 4.79 Å². The van der Waals surface area contributed by atoms with Crippen molar-refractivity contribution >= 4 is 5.91 Å². The van der Waals surface area contributed by atoms with Gasteiger partial charge in [-0.3, -0.25) is 4.79 Å². The van der Waals surface area contributed by atoms with Crippen LogP contribution >= 0.6 is 0 Å². The monoisotopic (exact) mass is 145 g/mol. The fraction of sp³-hybridized carbons (Fsp3) is 0.875. The first-order valence-electron chi connectivity index (χ1n) is 3.85. The SMILES string of the molecule is CC.CC(C)[C@H](C)C(N)=O. The van der Waals surface area contributed by atoms with Crippen molar-refractivity contribution in [2.45, 2.75) is 34.6 Å². The van der Waals surface area contributed by atoms with Gasteiger partial charge in [0.1, 0.15) is 0 Å². The molecule has 0 aliphatic carbocycles. The van der Waals surface area contributed by atoms with Crippen molar-refractivity contribution in [3.8, 4) is 0 Å². The summed E-state index contributed by atoms with van der Waals surface area (Å²) < 4.78 is 0. The van der Waals surface area contributed by atoms with E-state index in [1.54, 1.807) is 0 Å². The average Bonchev–Trinajstić information content (AvgIpc) is 1.90. The standard InChI is InChI=1S/C6H13NO.C2H6/c1-4(2)5(3)6(7)8;1-2/h4-5H,1-3H3,(H2,7,8);1-2H3/t5-;/m0./s1. The lowest BCUT2D eigenvalue weighted by Crippen LogP contribution is -2.24. The third-order valence-electron chi connectivity index (χ3n) is 1.45. The van der Waals surface area contributed by atoms with Crippen LogP contribution in [0.15, 0.2) is 0 Å². The molecule has 0 rings (SSSR count). The van der Waals surface area contributed by atoms with Gasteiger partial charge < -0.3 is 5.73 Å². The normalized spacial score (nSPS) is 11.8. The van der Waals surface area contributed by atoms with E-state index in [1.807, 2.05) is 34.6 Å². The van der Waals surface area contributed by atoms with E-state index < -0.39 is 0 Å². The molecule has 0 fully saturated rings. The molecule has 2 heteroatoms. The van der Waals surface area contributed by atoms with Crippen LogP contribution in [-0.2, 0) is 4.79 Å². The van der Waals surface area contributed by atoms with E-state index in [0.717, 1.165) is 0 Å². The van der Waals surface area contributed by atoms with Gasteiger partial charge in [-0.15, -0.1) is 0 Å². The fourth-order valence-corrected chi connectivity index (χ4v) is 0.329. The molecule has 0 saturated heterocycles. The summed E-state index contributed by atoms with van der Waals surface area (Å²) in [5, 5.41) is 0. The van der Waals surface area contributed by atoms with Gasteiger partial charge >= 0.3 is 0 Å². The van der Waals surface area contributed by atoms with Crippen molar-refractivity contribution in [2.75, 3.05) is 0 Å². The first-order valence-corrected chi connectivity index (χ1v) is 3.85. The Bertz CT molecular complexity index is 89.3. The third kappa shape index (κ3) is 5.60.